The zero-order valence-corrected chi connectivity index (χ0v) is 11.8. The van der Waals surface area contributed by atoms with Crippen LogP contribution in [0.4, 0.5) is 0 Å². The first-order valence-corrected chi connectivity index (χ1v) is 7.43. The summed E-state index contributed by atoms with van der Waals surface area (Å²) >= 11 is 1.56. The Morgan fingerprint density at radius 3 is 2.61 bits per heavy atom. The molecule has 1 rings (SSSR count). The first-order valence-electron chi connectivity index (χ1n) is 6.27. The monoisotopic (exact) mass is 274 g/mol. The molecule has 0 bridgehead atoms. The Kier molecular flexibility index (Phi) is 5.95. The fraction of sp³-hybridized carbons (Fsp3) is 0.833. The Morgan fingerprint density at radius 1 is 1.44 bits per heavy atom. The summed E-state index contributed by atoms with van der Waals surface area (Å²) < 4.78 is 0. The molecule has 1 aliphatic carbocycles. The zero-order valence-electron chi connectivity index (χ0n) is 11.0. The summed E-state index contributed by atoms with van der Waals surface area (Å²) in [5, 5.41) is 14.8. The molecule has 1 atom stereocenters. The third-order valence-corrected chi connectivity index (χ3v) is 4.21. The third-order valence-electron chi connectivity index (χ3n) is 3.16. The first kappa shape index (κ1) is 15.3. The van der Waals surface area contributed by atoms with Crippen molar-refractivity contribution in [3.05, 3.63) is 0 Å². The molecule has 6 heteroatoms. The lowest BCUT2D eigenvalue weighted by atomic mass is 9.97. The van der Waals surface area contributed by atoms with Crippen LogP contribution in [-0.4, -0.2) is 47.1 Å². The summed E-state index contributed by atoms with van der Waals surface area (Å²) in [4.78, 5) is 22.4. The quantitative estimate of drug-likeness (QED) is 0.543. The summed E-state index contributed by atoms with van der Waals surface area (Å²) in [7, 11) is 1.66. The number of carboxylic acids is 1. The van der Waals surface area contributed by atoms with E-state index in [1.807, 2.05) is 0 Å². The Morgan fingerprint density at radius 2 is 2.11 bits per heavy atom. The predicted molar refractivity (Wildman–Crippen MR) is 72.8 cm³/mol. The van der Waals surface area contributed by atoms with Crippen molar-refractivity contribution in [3.8, 4) is 0 Å². The minimum atomic E-state index is -0.864. The van der Waals surface area contributed by atoms with Gasteiger partial charge in [-0.25, -0.2) is 0 Å². The molecule has 0 aromatic rings. The van der Waals surface area contributed by atoms with Crippen LogP contribution in [0.5, 0.6) is 0 Å². The van der Waals surface area contributed by atoms with E-state index in [9.17, 15) is 9.59 Å². The molecule has 5 nitrogen and oxygen atoms in total. The van der Waals surface area contributed by atoms with Gasteiger partial charge in [-0.15, -0.1) is 0 Å². The van der Waals surface area contributed by atoms with E-state index in [2.05, 4.69) is 10.6 Å². The molecule has 1 unspecified atom stereocenters. The number of carboxylic acid groups (broad SMARTS) is 1. The first-order chi connectivity index (χ1) is 8.48. The van der Waals surface area contributed by atoms with E-state index in [4.69, 9.17) is 5.11 Å². The van der Waals surface area contributed by atoms with E-state index in [0.29, 0.717) is 18.2 Å². The average molecular weight is 274 g/mol. The number of carbonyl (C=O) groups is 2. The Hall–Kier alpha value is -0.750. The second-order valence-electron chi connectivity index (χ2n) is 4.89. The summed E-state index contributed by atoms with van der Waals surface area (Å²) in [6, 6.07) is 0.415. The van der Waals surface area contributed by atoms with Crippen LogP contribution in [-0.2, 0) is 9.59 Å². The summed E-state index contributed by atoms with van der Waals surface area (Å²) in [5.41, 5.74) is -0.864. The van der Waals surface area contributed by atoms with Crippen LogP contribution < -0.4 is 10.6 Å². The predicted octanol–water partition coefficient (Wildman–Crippen LogP) is 0.841. The number of thioether (sulfide) groups is 1. The lowest BCUT2D eigenvalue weighted by molar-refractivity contribution is -0.144. The van der Waals surface area contributed by atoms with Crippen molar-refractivity contribution in [1.82, 2.24) is 10.6 Å². The molecule has 0 heterocycles. The number of likely N-dealkylation sites (N-methyl/N-ethyl adjacent to an activating group) is 1. The molecule has 1 aliphatic rings. The van der Waals surface area contributed by atoms with Gasteiger partial charge >= 0.3 is 5.97 Å². The number of rotatable bonds is 9. The van der Waals surface area contributed by atoms with Gasteiger partial charge in [0.25, 0.3) is 0 Å². The largest absolute Gasteiger partial charge is 0.480 e. The molecule has 1 amide bonds. The molecule has 0 spiro atoms. The highest BCUT2D eigenvalue weighted by molar-refractivity contribution is 7.99. The second kappa shape index (κ2) is 6.99. The minimum Gasteiger partial charge on any atom is -0.480 e. The molecule has 0 aromatic heterocycles. The fourth-order valence-electron chi connectivity index (χ4n) is 1.53. The maximum Gasteiger partial charge on any atom is 0.323 e. The van der Waals surface area contributed by atoms with Crippen LogP contribution in [0.1, 0.15) is 32.6 Å². The van der Waals surface area contributed by atoms with E-state index in [1.54, 1.807) is 25.7 Å². The summed E-state index contributed by atoms with van der Waals surface area (Å²) in [6.07, 6.45) is 3.56. The van der Waals surface area contributed by atoms with Gasteiger partial charge in [0.15, 0.2) is 0 Å². The zero-order chi connectivity index (χ0) is 13.6. The van der Waals surface area contributed by atoms with E-state index in [1.165, 1.54) is 0 Å². The lowest BCUT2D eigenvalue weighted by Crippen LogP contribution is -2.47. The molecule has 1 fully saturated rings. The Balaban J connectivity index is 2.06. The van der Waals surface area contributed by atoms with Crippen molar-refractivity contribution in [2.45, 2.75) is 44.2 Å². The highest BCUT2D eigenvalue weighted by Gasteiger charge is 2.30. The van der Waals surface area contributed by atoms with E-state index >= 15 is 0 Å². The Bertz CT molecular complexity index is 308. The van der Waals surface area contributed by atoms with Gasteiger partial charge in [0.1, 0.15) is 5.54 Å². The highest BCUT2D eigenvalue weighted by atomic mass is 32.2. The molecule has 1 saturated carbocycles. The van der Waals surface area contributed by atoms with Crippen molar-refractivity contribution in [2.24, 2.45) is 0 Å². The van der Waals surface area contributed by atoms with Crippen LogP contribution >= 0.6 is 11.8 Å². The van der Waals surface area contributed by atoms with Gasteiger partial charge in [-0.05, 0) is 45.4 Å². The van der Waals surface area contributed by atoms with Crippen molar-refractivity contribution in [3.63, 3.8) is 0 Å². The van der Waals surface area contributed by atoms with Gasteiger partial charge in [0.2, 0.25) is 5.91 Å². The number of carbonyl (C=O) groups excluding carboxylic acids is 1. The van der Waals surface area contributed by atoms with Crippen molar-refractivity contribution in [2.75, 3.05) is 18.6 Å². The number of hydrogen-bond acceptors (Lipinski definition) is 4. The fourth-order valence-corrected chi connectivity index (χ4v) is 2.29. The van der Waals surface area contributed by atoms with E-state index < -0.39 is 11.5 Å². The summed E-state index contributed by atoms with van der Waals surface area (Å²) in [6.45, 7) is 1.68. The van der Waals surface area contributed by atoms with Crippen molar-refractivity contribution < 1.29 is 14.7 Å². The average Bonchev–Trinajstić information content (AvgIpc) is 3.11. The number of amides is 1. The maximum atomic E-state index is 11.4. The van der Waals surface area contributed by atoms with Gasteiger partial charge < -0.3 is 15.7 Å². The lowest BCUT2D eigenvalue weighted by Gasteiger charge is -2.23. The Labute approximate surface area is 112 Å². The number of aliphatic carboxylic acids is 1. The van der Waals surface area contributed by atoms with Gasteiger partial charge in [-0.2, -0.15) is 11.8 Å². The van der Waals surface area contributed by atoms with Gasteiger partial charge in [-0.1, -0.05) is 0 Å². The molecule has 0 saturated heterocycles. The van der Waals surface area contributed by atoms with Crippen LogP contribution in [0.15, 0.2) is 0 Å². The minimum absolute atomic E-state index is 0.0945. The second-order valence-corrected chi connectivity index (χ2v) is 5.99. The van der Waals surface area contributed by atoms with Gasteiger partial charge in [0, 0.05) is 6.04 Å². The van der Waals surface area contributed by atoms with Crippen LogP contribution in [0.2, 0.25) is 0 Å². The normalized spacial score (nSPS) is 18.1. The maximum absolute atomic E-state index is 11.4. The molecular weight excluding hydrogens is 252 g/mol. The number of hydrogen-bond donors (Lipinski definition) is 3. The standard InChI is InChI=1S/C12H22N2O3S/c1-12(13-2,11(16)17)6-3-7-18-8-10(15)14-9-4-5-9/h9,13H,3-8H2,1-2H3,(H,14,15)(H,16,17). The van der Waals surface area contributed by atoms with Crippen LogP contribution in [0.25, 0.3) is 0 Å². The van der Waals surface area contributed by atoms with Crippen molar-refractivity contribution >= 4 is 23.6 Å². The summed E-state index contributed by atoms with van der Waals surface area (Å²) in [5.74, 6) is 0.543. The molecule has 0 radical (unpaired) electrons. The smallest absolute Gasteiger partial charge is 0.323 e. The molecular formula is C12H22N2O3S. The van der Waals surface area contributed by atoms with Gasteiger partial charge in [-0.3, -0.25) is 9.59 Å². The SMILES string of the molecule is CNC(C)(CCCSCC(=O)NC1CC1)C(=O)O. The van der Waals surface area contributed by atoms with E-state index in [-0.39, 0.29) is 5.91 Å². The molecule has 18 heavy (non-hydrogen) atoms. The highest BCUT2D eigenvalue weighted by Crippen LogP contribution is 2.19. The van der Waals surface area contributed by atoms with E-state index in [0.717, 1.165) is 25.0 Å². The topological polar surface area (TPSA) is 78.4 Å². The third kappa shape index (κ3) is 5.27. The van der Waals surface area contributed by atoms with Crippen LogP contribution in [0.3, 0.4) is 0 Å². The van der Waals surface area contributed by atoms with Crippen molar-refractivity contribution in [1.29, 1.82) is 0 Å². The number of nitrogens with one attached hydrogen (secondary N) is 2. The van der Waals surface area contributed by atoms with Gasteiger partial charge in [0.05, 0.1) is 5.75 Å². The molecule has 3 N–H and O–H groups in total. The van der Waals surface area contributed by atoms with Crippen LogP contribution in [0, 0.1) is 0 Å². The molecule has 0 aliphatic heterocycles. The molecule has 104 valence electrons. The molecule has 0 aromatic carbocycles.